The zero-order valence-electron chi connectivity index (χ0n) is 46.5. The summed E-state index contributed by atoms with van der Waals surface area (Å²) in [6.07, 6.45) is 62.1. The fourth-order valence-electron chi connectivity index (χ4n) is 8.17. The Labute approximate surface area is 432 Å². The second kappa shape index (κ2) is 50.3. The number of rotatable bonds is 52. The van der Waals surface area contributed by atoms with Gasteiger partial charge in [-0.25, -0.2) is 4.57 Å². The van der Waals surface area contributed by atoms with Gasteiger partial charge in [-0.3, -0.25) is 18.6 Å². The van der Waals surface area contributed by atoms with Gasteiger partial charge in [0, 0.05) is 12.8 Å². The number of carbonyl (C=O) groups excluding carboxylic acids is 2. The summed E-state index contributed by atoms with van der Waals surface area (Å²) in [5.41, 5.74) is 0. The van der Waals surface area contributed by atoms with Crippen LogP contribution in [-0.4, -0.2) is 74.3 Å². The third-order valence-electron chi connectivity index (χ3n) is 12.7. The molecule has 2 N–H and O–H groups in total. The Hall–Kier alpha value is -2.29. The summed E-state index contributed by atoms with van der Waals surface area (Å²) >= 11 is 0. The highest BCUT2D eigenvalue weighted by Gasteiger charge is 2.30. The number of carbonyl (C=O) groups is 2. The van der Waals surface area contributed by atoms with Gasteiger partial charge in [0.1, 0.15) is 19.3 Å². The van der Waals surface area contributed by atoms with Gasteiger partial charge in [-0.2, -0.15) is 0 Å². The minimum Gasteiger partial charge on any atom is -0.456 e. The molecule has 0 aromatic heterocycles. The van der Waals surface area contributed by atoms with E-state index in [1.54, 1.807) is 0 Å². The zero-order valence-corrected chi connectivity index (χ0v) is 47.4. The van der Waals surface area contributed by atoms with Crippen molar-refractivity contribution in [1.82, 2.24) is 5.32 Å². The molecule has 408 valence electrons. The molecule has 0 aliphatic heterocycles. The van der Waals surface area contributed by atoms with E-state index in [1.807, 2.05) is 33.3 Å². The van der Waals surface area contributed by atoms with Crippen molar-refractivity contribution in [2.75, 3.05) is 40.9 Å². The minimum atomic E-state index is -4.45. The Balaban J connectivity index is 5.45. The van der Waals surface area contributed by atoms with E-state index >= 15 is 0 Å². The van der Waals surface area contributed by atoms with Crippen molar-refractivity contribution in [3.8, 4) is 0 Å². The summed E-state index contributed by atoms with van der Waals surface area (Å²) in [6.45, 7) is 6.96. The lowest BCUT2D eigenvalue weighted by molar-refractivity contribution is -0.870. The average Bonchev–Trinajstić information content (AvgIpc) is 3.32. The molecular formula is C60H112N2O7P+. The number of amides is 1. The quantitative estimate of drug-likeness (QED) is 0.0205. The molecule has 0 aromatic carbocycles. The number of phosphoric acid groups is 1. The van der Waals surface area contributed by atoms with Crippen LogP contribution in [0.2, 0.25) is 0 Å². The van der Waals surface area contributed by atoms with E-state index in [-0.39, 0.29) is 31.5 Å². The molecule has 0 bridgehead atoms. The number of likely N-dealkylation sites (N-methyl/N-ethyl adjacent to an activating group) is 1. The molecule has 0 radical (unpaired) electrons. The van der Waals surface area contributed by atoms with Gasteiger partial charge >= 0.3 is 13.8 Å². The first-order valence-corrected chi connectivity index (χ1v) is 30.6. The molecule has 0 aliphatic carbocycles. The number of quaternary nitrogens is 1. The lowest BCUT2D eigenvalue weighted by Crippen LogP contribution is -2.47. The summed E-state index contributed by atoms with van der Waals surface area (Å²) in [7, 11) is 1.47. The molecule has 0 aromatic rings. The number of unbranched alkanes of at least 4 members (excludes halogenated alkanes) is 28. The molecule has 70 heavy (non-hydrogen) atoms. The van der Waals surface area contributed by atoms with Crippen molar-refractivity contribution in [2.24, 2.45) is 0 Å². The Morgan fingerprint density at radius 3 is 1.36 bits per heavy atom. The van der Waals surface area contributed by atoms with Crippen molar-refractivity contribution >= 4 is 19.7 Å². The smallest absolute Gasteiger partial charge is 0.456 e. The number of hydrogen-bond acceptors (Lipinski definition) is 6. The Bertz CT molecular complexity index is 1390. The first-order valence-electron chi connectivity index (χ1n) is 29.1. The summed E-state index contributed by atoms with van der Waals surface area (Å²) in [4.78, 5) is 37.6. The summed E-state index contributed by atoms with van der Waals surface area (Å²) < 4.78 is 30.6. The highest BCUT2D eigenvalue weighted by atomic mass is 31.2. The second-order valence-corrected chi connectivity index (χ2v) is 22.3. The molecular weight excluding hydrogens is 892 g/mol. The summed E-state index contributed by atoms with van der Waals surface area (Å²) in [5.74, 6) is -0.565. The topological polar surface area (TPSA) is 111 Å². The van der Waals surface area contributed by atoms with Crippen LogP contribution < -0.4 is 5.32 Å². The SMILES string of the molecule is CCCCC/C=C\C/C=C\C/C=C\C/C=C\CCCC(=O)OC(/C=C/CCCCCCCCCCCCC)C(COP(=O)(O)OCC[N+](C)(C)C)NC(=O)CCCCCCCCCCCCCCCC. The zero-order chi connectivity index (χ0) is 51.5. The standard InChI is InChI=1S/C60H111N2O7P/c1-7-10-13-16-19-22-25-28-30-31-32-35-38-41-44-47-50-53-60(64)69-58(51-48-45-42-39-36-33-27-24-21-18-15-12-9-3)57(56-68-70(65,66)67-55-54-62(4,5)6)61-59(63)52-49-46-43-40-37-34-29-26-23-20-17-14-11-8-2/h19,22,28,30,32,35,41,44,48,51,57-58H,7-18,20-21,23-27,29,31,33-34,36-40,42-43,45-47,49-50,52-56H2,1-6H3,(H-,61,63,65,66)/p+1/b22-19-,30-28-,35-32-,44-41-,51-48+. The van der Waals surface area contributed by atoms with Gasteiger partial charge < -0.3 is 19.4 Å². The molecule has 0 spiro atoms. The minimum absolute atomic E-state index is 0.0319. The van der Waals surface area contributed by atoms with Crippen molar-refractivity contribution in [3.05, 3.63) is 60.8 Å². The first kappa shape index (κ1) is 67.7. The predicted molar refractivity (Wildman–Crippen MR) is 300 cm³/mol. The van der Waals surface area contributed by atoms with Gasteiger partial charge in [-0.05, 0) is 70.3 Å². The molecule has 9 nitrogen and oxygen atoms in total. The van der Waals surface area contributed by atoms with Crippen LogP contribution in [-0.2, 0) is 27.9 Å². The first-order chi connectivity index (χ1) is 33.9. The highest BCUT2D eigenvalue weighted by molar-refractivity contribution is 7.47. The molecule has 0 saturated carbocycles. The summed E-state index contributed by atoms with van der Waals surface area (Å²) in [5, 5.41) is 3.04. The van der Waals surface area contributed by atoms with Crippen molar-refractivity contribution in [2.45, 2.75) is 270 Å². The molecule has 0 rings (SSSR count). The lowest BCUT2D eigenvalue weighted by Gasteiger charge is -2.27. The molecule has 3 atom stereocenters. The third-order valence-corrected chi connectivity index (χ3v) is 13.7. The molecule has 1 amide bonds. The van der Waals surface area contributed by atoms with Crippen LogP contribution in [0.3, 0.4) is 0 Å². The number of nitrogens with zero attached hydrogens (tertiary/aromatic N) is 1. The average molecular weight is 1000 g/mol. The van der Waals surface area contributed by atoms with E-state index < -0.39 is 20.0 Å². The van der Waals surface area contributed by atoms with E-state index in [1.165, 1.54) is 154 Å². The third kappa shape index (κ3) is 50.6. The van der Waals surface area contributed by atoms with Crippen molar-refractivity contribution < 1.29 is 37.3 Å². The second-order valence-electron chi connectivity index (χ2n) is 20.8. The van der Waals surface area contributed by atoms with Gasteiger partial charge in [-0.1, -0.05) is 236 Å². The fourth-order valence-corrected chi connectivity index (χ4v) is 8.90. The number of allylic oxidation sites excluding steroid dienone is 9. The van der Waals surface area contributed by atoms with Gasteiger partial charge in [0.2, 0.25) is 5.91 Å². The predicted octanol–water partition coefficient (Wildman–Crippen LogP) is 17.5. The highest BCUT2D eigenvalue weighted by Crippen LogP contribution is 2.43. The number of ether oxygens (including phenoxy) is 1. The van der Waals surface area contributed by atoms with Crippen molar-refractivity contribution in [3.63, 3.8) is 0 Å². The molecule has 3 unspecified atom stereocenters. The van der Waals surface area contributed by atoms with Crippen LogP contribution >= 0.6 is 7.82 Å². The molecule has 0 aliphatic rings. The van der Waals surface area contributed by atoms with Gasteiger partial charge in [0.05, 0.1) is 33.8 Å². The maximum absolute atomic E-state index is 13.5. The normalized spacial score (nSPS) is 14.2. The van der Waals surface area contributed by atoms with Gasteiger partial charge in [0.15, 0.2) is 0 Å². The van der Waals surface area contributed by atoms with E-state index in [9.17, 15) is 19.0 Å². The van der Waals surface area contributed by atoms with Crippen LogP contribution in [0, 0.1) is 0 Å². The van der Waals surface area contributed by atoms with E-state index in [4.69, 9.17) is 13.8 Å². The number of phosphoric ester groups is 1. The number of nitrogens with one attached hydrogen (secondary N) is 1. The van der Waals surface area contributed by atoms with E-state index in [2.05, 4.69) is 74.7 Å². The molecule has 0 fully saturated rings. The molecule has 0 heterocycles. The number of esters is 1. The number of hydrogen-bond donors (Lipinski definition) is 2. The van der Waals surface area contributed by atoms with Crippen LogP contribution in [0.1, 0.15) is 258 Å². The fraction of sp³-hybridized carbons (Fsp3) is 0.800. The van der Waals surface area contributed by atoms with E-state index in [0.29, 0.717) is 23.9 Å². The summed E-state index contributed by atoms with van der Waals surface area (Å²) in [6, 6.07) is -0.868. The van der Waals surface area contributed by atoms with Crippen LogP contribution in [0.15, 0.2) is 60.8 Å². The molecule has 10 heteroatoms. The van der Waals surface area contributed by atoms with Gasteiger partial charge in [-0.15, -0.1) is 0 Å². The Morgan fingerprint density at radius 2 is 0.886 bits per heavy atom. The van der Waals surface area contributed by atoms with Crippen LogP contribution in [0.5, 0.6) is 0 Å². The van der Waals surface area contributed by atoms with E-state index in [0.717, 1.165) is 64.2 Å². The lowest BCUT2D eigenvalue weighted by atomic mass is 10.0. The van der Waals surface area contributed by atoms with Crippen molar-refractivity contribution in [1.29, 1.82) is 0 Å². The Morgan fingerprint density at radius 1 is 0.500 bits per heavy atom. The monoisotopic (exact) mass is 1000 g/mol. The largest absolute Gasteiger partial charge is 0.472 e. The van der Waals surface area contributed by atoms with Crippen LogP contribution in [0.4, 0.5) is 0 Å². The molecule has 0 saturated heterocycles. The van der Waals surface area contributed by atoms with Crippen LogP contribution in [0.25, 0.3) is 0 Å². The Kier molecular flexibility index (Phi) is 48.6. The van der Waals surface area contributed by atoms with Gasteiger partial charge in [0.25, 0.3) is 0 Å². The maximum atomic E-state index is 13.5. The maximum Gasteiger partial charge on any atom is 0.472 e.